The van der Waals surface area contributed by atoms with E-state index >= 15 is 0 Å². The van der Waals surface area contributed by atoms with Gasteiger partial charge in [-0.05, 0) is 11.6 Å². The van der Waals surface area contributed by atoms with E-state index < -0.39 is 8.48 Å². The first-order chi connectivity index (χ1) is 6.95. The highest BCUT2D eigenvalue weighted by molar-refractivity contribution is 7.34. The van der Waals surface area contributed by atoms with Gasteiger partial charge in [0.25, 0.3) is 0 Å². The van der Waals surface area contributed by atoms with Crippen molar-refractivity contribution in [1.29, 1.82) is 0 Å². The summed E-state index contributed by atoms with van der Waals surface area (Å²) < 4.78 is 5.55. The molecule has 1 heterocycles. The van der Waals surface area contributed by atoms with Crippen LogP contribution in [-0.2, 0) is 11.0 Å². The summed E-state index contributed by atoms with van der Waals surface area (Å²) in [6.45, 7) is 2.16. The summed E-state index contributed by atoms with van der Waals surface area (Å²) in [6, 6.07) is 12.1. The summed E-state index contributed by atoms with van der Waals surface area (Å²) in [5, 5.41) is 0. The van der Waals surface area contributed by atoms with Gasteiger partial charge in [-0.2, -0.15) is 0 Å². The minimum absolute atomic E-state index is 0.000984. The van der Waals surface area contributed by atoms with Crippen LogP contribution >= 0.6 is 0 Å². The molecule has 1 unspecified atom stereocenters. The van der Waals surface area contributed by atoms with Crippen molar-refractivity contribution < 1.29 is 4.43 Å². The van der Waals surface area contributed by atoms with Gasteiger partial charge in [0.1, 0.15) is 9.28 Å². The van der Waals surface area contributed by atoms with Crippen molar-refractivity contribution in [3.05, 3.63) is 35.9 Å². The van der Waals surface area contributed by atoms with Gasteiger partial charge in [-0.3, -0.25) is 0 Å². The van der Waals surface area contributed by atoms with E-state index in [1.54, 1.807) is 0 Å². The molecule has 0 saturated carbocycles. The Morgan fingerprint density at radius 2 is 2.21 bits per heavy atom. The molecule has 0 spiro atoms. The summed E-state index contributed by atoms with van der Waals surface area (Å²) >= 11 is 0. The van der Waals surface area contributed by atoms with E-state index in [2.05, 4.69) is 35.3 Å². The highest BCUT2D eigenvalue weighted by Gasteiger charge is 2.15. The van der Waals surface area contributed by atoms with E-state index in [0.29, 0.717) is 0 Å². The van der Waals surface area contributed by atoms with Gasteiger partial charge in [0.2, 0.25) is 0 Å². The summed E-state index contributed by atoms with van der Waals surface area (Å²) in [6.07, 6.45) is 0. The minimum Gasteiger partial charge on any atom is -0.428 e. The smallest absolute Gasteiger partial charge is 0.142 e. The van der Waals surface area contributed by atoms with Crippen molar-refractivity contribution in [3.63, 3.8) is 0 Å². The zero-order valence-corrected chi connectivity index (χ0v) is 12.4. The van der Waals surface area contributed by atoms with Gasteiger partial charge in [0.05, 0.1) is 17.0 Å². The van der Waals surface area contributed by atoms with Crippen LogP contribution in [0.1, 0.15) is 5.56 Å². The lowest BCUT2D eigenvalue weighted by Gasteiger charge is -2.21. The Labute approximate surface area is 91.1 Å². The van der Waals surface area contributed by atoms with Crippen LogP contribution in [0, 0.1) is 0 Å². The first kappa shape index (κ1) is 10.3. The summed E-state index contributed by atoms with van der Waals surface area (Å²) in [7, 11) is -0.220. The average Bonchev–Trinajstić information content (AvgIpc) is 2.29. The fourth-order valence-corrected chi connectivity index (χ4v) is 17.5. The SMILES string of the molecule is c1ccc(CN[SiH]2CCO[SiH2][SiH2]2)cc1. The van der Waals surface area contributed by atoms with Crippen molar-refractivity contribution in [2.75, 3.05) is 6.61 Å². The van der Waals surface area contributed by atoms with Gasteiger partial charge < -0.3 is 9.41 Å². The standard InChI is InChI=1S/C9H17NOSi3/c1-2-4-9(5-3-1)8-10-14-7-6-11-12-13-14/h1-5,10,14H,6-8,12-13H2. The zero-order valence-electron chi connectivity index (χ0n) is 8.41. The fourth-order valence-electron chi connectivity index (χ4n) is 1.76. The number of nitrogens with one attached hydrogen (secondary N) is 1. The molecule has 1 aromatic rings. The van der Waals surface area contributed by atoms with E-state index in [9.17, 15) is 0 Å². The lowest BCUT2D eigenvalue weighted by molar-refractivity contribution is 0.366. The van der Waals surface area contributed by atoms with Crippen LogP contribution in [-0.4, -0.2) is 32.9 Å². The summed E-state index contributed by atoms with van der Waals surface area (Å²) in [5.41, 5.74) is 1.43. The molecule has 0 aromatic heterocycles. The lowest BCUT2D eigenvalue weighted by atomic mass is 10.2. The van der Waals surface area contributed by atoms with Crippen LogP contribution < -0.4 is 4.98 Å². The molecule has 2 rings (SSSR count). The van der Waals surface area contributed by atoms with Crippen molar-refractivity contribution in [2.45, 2.75) is 12.6 Å². The average molecular weight is 239 g/mol. The van der Waals surface area contributed by atoms with Gasteiger partial charge in [0, 0.05) is 13.2 Å². The van der Waals surface area contributed by atoms with Crippen molar-refractivity contribution in [2.24, 2.45) is 0 Å². The third-order valence-electron chi connectivity index (χ3n) is 2.66. The van der Waals surface area contributed by atoms with E-state index in [-0.39, 0.29) is 17.8 Å². The summed E-state index contributed by atoms with van der Waals surface area (Å²) in [4.78, 5) is 3.79. The second-order valence-corrected chi connectivity index (χ2v) is 18.6. The zero-order chi connectivity index (χ0) is 9.64. The molecule has 0 radical (unpaired) electrons. The van der Waals surface area contributed by atoms with Gasteiger partial charge in [-0.15, -0.1) is 0 Å². The molecule has 0 amide bonds. The van der Waals surface area contributed by atoms with E-state index in [1.807, 2.05) is 0 Å². The van der Waals surface area contributed by atoms with Crippen LogP contribution in [0.5, 0.6) is 0 Å². The van der Waals surface area contributed by atoms with Crippen molar-refractivity contribution in [1.82, 2.24) is 4.98 Å². The van der Waals surface area contributed by atoms with Crippen LogP contribution in [0.2, 0.25) is 6.04 Å². The molecule has 14 heavy (non-hydrogen) atoms. The first-order valence-electron chi connectivity index (χ1n) is 5.30. The van der Waals surface area contributed by atoms with Gasteiger partial charge >= 0.3 is 0 Å². The third kappa shape index (κ3) is 3.18. The Hall–Kier alpha value is -0.209. The predicted molar refractivity (Wildman–Crippen MR) is 68.3 cm³/mol. The minimum atomic E-state index is -0.470. The molecule has 1 saturated heterocycles. The lowest BCUT2D eigenvalue weighted by Crippen LogP contribution is -2.46. The van der Waals surface area contributed by atoms with E-state index in [1.165, 1.54) is 11.6 Å². The van der Waals surface area contributed by atoms with E-state index in [0.717, 1.165) is 13.2 Å². The van der Waals surface area contributed by atoms with Crippen LogP contribution in [0.15, 0.2) is 30.3 Å². The van der Waals surface area contributed by atoms with Crippen LogP contribution in [0.3, 0.4) is 0 Å². The molecule has 1 atom stereocenters. The number of benzene rings is 1. The second kappa shape index (κ2) is 5.62. The maximum Gasteiger partial charge on any atom is 0.142 e. The summed E-state index contributed by atoms with van der Waals surface area (Å²) in [5.74, 6) is 0. The Morgan fingerprint density at radius 1 is 1.36 bits per heavy atom. The van der Waals surface area contributed by atoms with Gasteiger partial charge in [0.15, 0.2) is 0 Å². The Bertz CT molecular complexity index is 264. The molecule has 2 nitrogen and oxygen atoms in total. The van der Waals surface area contributed by atoms with Gasteiger partial charge in [-0.25, -0.2) is 0 Å². The Morgan fingerprint density at radius 3 is 2.93 bits per heavy atom. The molecule has 0 aliphatic carbocycles. The molecule has 1 aromatic carbocycles. The highest BCUT2D eigenvalue weighted by Crippen LogP contribution is 2.00. The maximum atomic E-state index is 5.55. The van der Waals surface area contributed by atoms with E-state index in [4.69, 9.17) is 4.43 Å². The highest BCUT2D eigenvalue weighted by atomic mass is 29.6. The number of hydrogen-bond acceptors (Lipinski definition) is 2. The van der Waals surface area contributed by atoms with Crippen molar-refractivity contribution >= 4 is 26.3 Å². The molecule has 76 valence electrons. The quantitative estimate of drug-likeness (QED) is 0.697. The molecule has 1 fully saturated rings. The molecule has 1 aliphatic rings. The van der Waals surface area contributed by atoms with Gasteiger partial charge in [-0.1, -0.05) is 30.3 Å². The molecule has 0 bridgehead atoms. The largest absolute Gasteiger partial charge is 0.428 e. The maximum absolute atomic E-state index is 5.55. The molecule has 5 heteroatoms. The molecule has 1 N–H and O–H groups in total. The first-order valence-corrected chi connectivity index (χ1v) is 14.5. The molecular weight excluding hydrogens is 222 g/mol. The number of hydrogen-bond donors (Lipinski definition) is 1. The topological polar surface area (TPSA) is 21.3 Å². The predicted octanol–water partition coefficient (Wildman–Crippen LogP) is -0.806. The Kier molecular flexibility index (Phi) is 4.14. The molecular formula is C9H17NOSi3. The van der Waals surface area contributed by atoms with Crippen LogP contribution in [0.25, 0.3) is 0 Å². The third-order valence-corrected chi connectivity index (χ3v) is 20.0. The normalized spacial score (nSPS) is 25.6. The monoisotopic (exact) mass is 239 g/mol. The molecule has 1 aliphatic heterocycles. The fraction of sp³-hybridized carbons (Fsp3) is 0.333. The Balaban J connectivity index is 1.76. The number of rotatable bonds is 3. The second-order valence-electron chi connectivity index (χ2n) is 3.75. The van der Waals surface area contributed by atoms with Crippen molar-refractivity contribution in [3.8, 4) is 0 Å². The van der Waals surface area contributed by atoms with Crippen LogP contribution in [0.4, 0.5) is 0 Å².